The van der Waals surface area contributed by atoms with E-state index in [1.165, 1.54) is 13.0 Å². The average molecular weight is 205 g/mol. The molecule has 2 aromatic rings. The minimum Gasteiger partial charge on any atom is -0.345 e. The Balaban J connectivity index is 3.00. The Morgan fingerprint density at radius 3 is 2.67 bits per heavy atom. The number of benzene rings is 1. The van der Waals surface area contributed by atoms with E-state index in [0.717, 1.165) is 5.69 Å². The van der Waals surface area contributed by atoms with E-state index in [4.69, 9.17) is 0 Å². The fourth-order valence-corrected chi connectivity index (χ4v) is 2.03. The molecule has 0 fully saturated rings. The zero-order valence-electron chi connectivity index (χ0n) is 8.97. The van der Waals surface area contributed by atoms with E-state index < -0.39 is 0 Å². The monoisotopic (exact) mass is 205 g/mol. The molecule has 2 nitrogen and oxygen atoms in total. The van der Waals surface area contributed by atoms with E-state index in [2.05, 4.69) is 0 Å². The maximum absolute atomic E-state index is 13.6. The Bertz CT molecular complexity index is 554. The topological polar surface area (TPSA) is 22.0 Å². The number of hydrogen-bond acceptors (Lipinski definition) is 1. The average Bonchev–Trinajstić information content (AvgIpc) is 2.41. The van der Waals surface area contributed by atoms with Crippen molar-refractivity contribution in [2.45, 2.75) is 13.8 Å². The molecule has 0 unspecified atom stereocenters. The van der Waals surface area contributed by atoms with Gasteiger partial charge in [0.05, 0.1) is 5.52 Å². The molecule has 0 aliphatic carbocycles. The Morgan fingerprint density at radius 2 is 2.07 bits per heavy atom. The Morgan fingerprint density at radius 1 is 1.40 bits per heavy atom. The van der Waals surface area contributed by atoms with Gasteiger partial charge in [-0.2, -0.15) is 0 Å². The largest absolute Gasteiger partial charge is 0.345 e. The van der Waals surface area contributed by atoms with Crippen LogP contribution in [0.25, 0.3) is 10.9 Å². The highest BCUT2D eigenvalue weighted by Crippen LogP contribution is 2.27. The van der Waals surface area contributed by atoms with Gasteiger partial charge in [0.15, 0.2) is 5.78 Å². The van der Waals surface area contributed by atoms with Gasteiger partial charge in [-0.25, -0.2) is 4.39 Å². The quantitative estimate of drug-likeness (QED) is 0.656. The minimum atomic E-state index is -0.286. The Kier molecular flexibility index (Phi) is 2.11. The highest BCUT2D eigenvalue weighted by Gasteiger charge is 2.17. The van der Waals surface area contributed by atoms with E-state index in [0.29, 0.717) is 16.5 Å². The van der Waals surface area contributed by atoms with Gasteiger partial charge < -0.3 is 4.57 Å². The van der Waals surface area contributed by atoms with Crippen LogP contribution in [0, 0.1) is 12.7 Å². The molecule has 0 bridgehead atoms. The van der Waals surface area contributed by atoms with Crippen LogP contribution in [0.4, 0.5) is 4.39 Å². The van der Waals surface area contributed by atoms with E-state index in [1.54, 1.807) is 23.7 Å². The minimum absolute atomic E-state index is 0.0244. The summed E-state index contributed by atoms with van der Waals surface area (Å²) in [6, 6.07) is 4.82. The van der Waals surface area contributed by atoms with Crippen LogP contribution in [0.15, 0.2) is 18.2 Å². The number of rotatable bonds is 1. The first-order valence-electron chi connectivity index (χ1n) is 4.78. The Labute approximate surface area is 87.3 Å². The molecule has 0 atom stereocenters. The van der Waals surface area contributed by atoms with Crippen molar-refractivity contribution in [2.24, 2.45) is 7.05 Å². The third-order valence-corrected chi connectivity index (χ3v) is 2.81. The molecular formula is C12H12FNO. The van der Waals surface area contributed by atoms with Crippen LogP contribution in [0.2, 0.25) is 0 Å². The summed E-state index contributed by atoms with van der Waals surface area (Å²) in [6.45, 7) is 3.34. The molecule has 15 heavy (non-hydrogen) atoms. The normalized spacial score (nSPS) is 10.9. The standard InChI is InChI=1S/C12H12FNO/c1-7-11(8(2)15)9-5-4-6-10(13)12(9)14(7)3/h4-6H,1-3H3. The highest BCUT2D eigenvalue weighted by atomic mass is 19.1. The van der Waals surface area contributed by atoms with Crippen molar-refractivity contribution in [3.63, 3.8) is 0 Å². The first-order valence-corrected chi connectivity index (χ1v) is 4.78. The molecule has 0 saturated carbocycles. The molecular weight excluding hydrogens is 193 g/mol. The SMILES string of the molecule is CC(=O)c1c(C)n(C)c2c(F)cccc12. The number of aromatic nitrogens is 1. The summed E-state index contributed by atoms with van der Waals surface area (Å²) >= 11 is 0. The fourth-order valence-electron chi connectivity index (χ4n) is 2.03. The molecule has 1 heterocycles. The number of ketones is 1. The molecule has 0 aliphatic heterocycles. The van der Waals surface area contributed by atoms with Gasteiger partial charge in [-0.1, -0.05) is 12.1 Å². The smallest absolute Gasteiger partial charge is 0.162 e. The predicted octanol–water partition coefficient (Wildman–Crippen LogP) is 2.83. The second-order valence-corrected chi connectivity index (χ2v) is 3.71. The van der Waals surface area contributed by atoms with Gasteiger partial charge in [0.25, 0.3) is 0 Å². The molecule has 0 saturated heterocycles. The van der Waals surface area contributed by atoms with E-state index >= 15 is 0 Å². The van der Waals surface area contributed by atoms with Crippen LogP contribution >= 0.6 is 0 Å². The van der Waals surface area contributed by atoms with Crippen molar-refractivity contribution in [1.82, 2.24) is 4.57 Å². The summed E-state index contributed by atoms with van der Waals surface area (Å²) in [5.41, 5.74) is 1.93. The van der Waals surface area contributed by atoms with Crippen LogP contribution in [0.5, 0.6) is 0 Å². The van der Waals surface area contributed by atoms with Crippen molar-refractivity contribution in [3.8, 4) is 0 Å². The Hall–Kier alpha value is -1.64. The molecule has 0 amide bonds. The summed E-state index contributed by atoms with van der Waals surface area (Å²) in [6.07, 6.45) is 0. The number of carbonyl (C=O) groups is 1. The van der Waals surface area contributed by atoms with Gasteiger partial charge in [0, 0.05) is 23.7 Å². The number of hydrogen-bond donors (Lipinski definition) is 0. The maximum Gasteiger partial charge on any atom is 0.162 e. The second kappa shape index (κ2) is 3.19. The fraction of sp³-hybridized carbons (Fsp3) is 0.250. The highest BCUT2D eigenvalue weighted by molar-refractivity contribution is 6.08. The lowest BCUT2D eigenvalue weighted by Crippen LogP contribution is -1.96. The van der Waals surface area contributed by atoms with Gasteiger partial charge in [-0.15, -0.1) is 0 Å². The van der Waals surface area contributed by atoms with Gasteiger partial charge in [-0.3, -0.25) is 4.79 Å². The molecule has 1 aromatic heterocycles. The first kappa shape index (κ1) is 9.90. The lowest BCUT2D eigenvalue weighted by molar-refractivity contribution is 0.101. The van der Waals surface area contributed by atoms with Crippen molar-refractivity contribution >= 4 is 16.7 Å². The summed E-state index contributed by atoms with van der Waals surface area (Å²) < 4.78 is 15.3. The van der Waals surface area contributed by atoms with Crippen molar-refractivity contribution in [1.29, 1.82) is 0 Å². The molecule has 3 heteroatoms. The van der Waals surface area contributed by atoms with Crippen molar-refractivity contribution in [2.75, 3.05) is 0 Å². The van der Waals surface area contributed by atoms with Gasteiger partial charge in [-0.05, 0) is 19.9 Å². The van der Waals surface area contributed by atoms with Crippen LogP contribution < -0.4 is 0 Å². The van der Waals surface area contributed by atoms with Crippen LogP contribution in [0.1, 0.15) is 23.0 Å². The molecule has 0 radical (unpaired) electrons. The second-order valence-electron chi connectivity index (χ2n) is 3.71. The van der Waals surface area contributed by atoms with Crippen molar-refractivity contribution < 1.29 is 9.18 Å². The van der Waals surface area contributed by atoms with Crippen LogP contribution in [-0.4, -0.2) is 10.4 Å². The predicted molar refractivity (Wildman–Crippen MR) is 57.6 cm³/mol. The lowest BCUT2D eigenvalue weighted by atomic mass is 10.1. The molecule has 0 N–H and O–H groups in total. The van der Waals surface area contributed by atoms with Gasteiger partial charge >= 0.3 is 0 Å². The molecule has 78 valence electrons. The molecule has 0 spiro atoms. The molecule has 2 rings (SSSR count). The number of Topliss-reactive ketones (excluding diaryl/α,β-unsaturated/α-hetero) is 1. The maximum atomic E-state index is 13.6. The third kappa shape index (κ3) is 1.27. The van der Waals surface area contributed by atoms with Crippen molar-refractivity contribution in [3.05, 3.63) is 35.3 Å². The first-order chi connectivity index (χ1) is 7.04. The molecule has 0 aliphatic rings. The van der Waals surface area contributed by atoms with E-state index in [-0.39, 0.29) is 11.6 Å². The van der Waals surface area contributed by atoms with Crippen LogP contribution in [-0.2, 0) is 7.05 Å². The number of carbonyl (C=O) groups excluding carboxylic acids is 1. The summed E-state index contributed by atoms with van der Waals surface area (Å²) in [5, 5.41) is 0.697. The number of para-hydroxylation sites is 1. The number of fused-ring (bicyclic) bond motifs is 1. The van der Waals surface area contributed by atoms with E-state index in [9.17, 15) is 9.18 Å². The summed E-state index contributed by atoms with van der Waals surface area (Å²) in [4.78, 5) is 11.5. The number of nitrogens with zero attached hydrogens (tertiary/aromatic N) is 1. The van der Waals surface area contributed by atoms with Gasteiger partial charge in [0.2, 0.25) is 0 Å². The summed E-state index contributed by atoms with van der Waals surface area (Å²) in [7, 11) is 1.77. The number of aryl methyl sites for hydroxylation is 1. The number of halogens is 1. The molecule has 1 aromatic carbocycles. The zero-order chi connectivity index (χ0) is 11.2. The zero-order valence-corrected chi connectivity index (χ0v) is 8.97. The van der Waals surface area contributed by atoms with E-state index in [1.807, 2.05) is 6.92 Å². The lowest BCUT2D eigenvalue weighted by Gasteiger charge is -1.98. The van der Waals surface area contributed by atoms with Crippen LogP contribution in [0.3, 0.4) is 0 Å². The third-order valence-electron chi connectivity index (χ3n) is 2.81. The summed E-state index contributed by atoms with van der Waals surface area (Å²) in [5.74, 6) is -0.311. The van der Waals surface area contributed by atoms with Gasteiger partial charge in [0.1, 0.15) is 5.82 Å².